The van der Waals surface area contributed by atoms with Crippen molar-refractivity contribution in [2.45, 2.75) is 64.0 Å². The number of rotatable bonds is 5. The Balaban J connectivity index is 1.26. The zero-order valence-corrected chi connectivity index (χ0v) is 17.4. The average Bonchev–Trinajstić information content (AvgIpc) is 3.39. The molecule has 1 aliphatic heterocycles. The topological polar surface area (TPSA) is 86.1 Å². The van der Waals surface area contributed by atoms with Crippen molar-refractivity contribution in [3.05, 3.63) is 23.7 Å². The number of likely N-dealkylation sites (tertiary alicyclic amines) is 1. The smallest absolute Gasteiger partial charge is 0.374 e. The van der Waals surface area contributed by atoms with E-state index in [0.717, 1.165) is 25.7 Å². The van der Waals surface area contributed by atoms with Gasteiger partial charge in [0.1, 0.15) is 12.6 Å². The van der Waals surface area contributed by atoms with E-state index < -0.39 is 18.0 Å². The molecule has 2 heterocycles. The Hall–Kier alpha value is -2.31. The molecule has 1 aromatic rings. The quantitative estimate of drug-likeness (QED) is 0.686. The highest BCUT2D eigenvalue weighted by atomic mass is 16.5. The molecule has 7 nitrogen and oxygen atoms in total. The fourth-order valence-corrected chi connectivity index (χ4v) is 6.90. The van der Waals surface area contributed by atoms with Crippen LogP contribution in [0.1, 0.15) is 67.5 Å². The van der Waals surface area contributed by atoms with Gasteiger partial charge in [-0.15, -0.1) is 0 Å². The summed E-state index contributed by atoms with van der Waals surface area (Å²) in [7, 11) is 1.27. The van der Waals surface area contributed by atoms with Crippen molar-refractivity contribution in [1.29, 1.82) is 0 Å². The molecule has 162 valence electrons. The van der Waals surface area contributed by atoms with Gasteiger partial charge in [0.25, 0.3) is 0 Å². The molecule has 1 unspecified atom stereocenters. The van der Waals surface area contributed by atoms with Crippen LogP contribution >= 0.6 is 0 Å². The van der Waals surface area contributed by atoms with E-state index in [1.807, 2.05) is 0 Å². The number of carbonyl (C=O) groups excluding carboxylic acids is 3. The van der Waals surface area contributed by atoms with Crippen LogP contribution in [-0.2, 0) is 25.7 Å². The maximum Gasteiger partial charge on any atom is 0.374 e. The predicted molar refractivity (Wildman–Crippen MR) is 105 cm³/mol. The van der Waals surface area contributed by atoms with Crippen molar-refractivity contribution < 1.29 is 28.3 Å². The Labute approximate surface area is 176 Å². The monoisotopic (exact) mass is 415 g/mol. The summed E-state index contributed by atoms with van der Waals surface area (Å²) in [6.45, 7) is 0.551. The maximum absolute atomic E-state index is 13.7. The van der Waals surface area contributed by atoms with Crippen LogP contribution < -0.4 is 0 Å². The molecule has 1 aromatic heterocycles. The van der Waals surface area contributed by atoms with Crippen molar-refractivity contribution in [1.82, 2.24) is 4.90 Å². The summed E-state index contributed by atoms with van der Waals surface area (Å²) in [5.74, 6) is 1.27. The van der Waals surface area contributed by atoms with Crippen LogP contribution in [0, 0.1) is 23.2 Å². The summed E-state index contributed by atoms with van der Waals surface area (Å²) >= 11 is 0. The van der Waals surface area contributed by atoms with Gasteiger partial charge in [-0.3, -0.25) is 4.79 Å². The van der Waals surface area contributed by atoms with Crippen LogP contribution in [0.2, 0.25) is 0 Å². The standard InChI is InChI=1S/C23H29NO6/c1-28-21(26)19-17(4-6-29-19)13-30-20(25)18-3-2-5-24(18)22(27)23-10-14-7-15(11-23)9-16(8-14)12-23/h4,6,14-16,18H,2-3,5,7-13H2,1H3. The van der Waals surface area contributed by atoms with Crippen molar-refractivity contribution in [2.75, 3.05) is 13.7 Å². The molecule has 0 radical (unpaired) electrons. The Bertz CT molecular complexity index is 822. The lowest BCUT2D eigenvalue weighted by atomic mass is 9.49. The molecule has 1 amide bonds. The molecule has 30 heavy (non-hydrogen) atoms. The number of hydrogen-bond acceptors (Lipinski definition) is 6. The van der Waals surface area contributed by atoms with Crippen LogP contribution in [0.5, 0.6) is 0 Å². The van der Waals surface area contributed by atoms with E-state index in [1.165, 1.54) is 32.6 Å². The molecular formula is C23H29NO6. The maximum atomic E-state index is 13.7. The molecule has 0 N–H and O–H groups in total. The van der Waals surface area contributed by atoms with Crippen molar-refractivity contribution in [2.24, 2.45) is 23.2 Å². The molecule has 5 fully saturated rings. The highest BCUT2D eigenvalue weighted by Gasteiger charge is 2.57. The van der Waals surface area contributed by atoms with E-state index in [0.29, 0.717) is 36.3 Å². The molecule has 0 aromatic carbocycles. The Morgan fingerprint density at radius 3 is 2.43 bits per heavy atom. The summed E-state index contributed by atoms with van der Waals surface area (Å²) in [4.78, 5) is 40.1. The summed E-state index contributed by atoms with van der Waals surface area (Å²) in [5, 5.41) is 0. The minimum atomic E-state index is -0.606. The zero-order valence-electron chi connectivity index (χ0n) is 17.4. The van der Waals surface area contributed by atoms with Crippen LogP contribution in [-0.4, -0.2) is 42.4 Å². The zero-order chi connectivity index (χ0) is 20.9. The van der Waals surface area contributed by atoms with Gasteiger partial charge in [-0.05, 0) is 75.2 Å². The van der Waals surface area contributed by atoms with Gasteiger partial charge in [0.2, 0.25) is 11.7 Å². The third-order valence-electron chi connectivity index (χ3n) is 7.77. The third-order valence-corrected chi connectivity index (χ3v) is 7.77. The van der Waals surface area contributed by atoms with Gasteiger partial charge in [-0.1, -0.05) is 0 Å². The SMILES string of the molecule is COC(=O)c1occc1COC(=O)C1CCCN1C(=O)C12CC3CC(CC(C3)C1)C2. The molecule has 1 saturated heterocycles. The van der Waals surface area contributed by atoms with Gasteiger partial charge in [-0.2, -0.15) is 0 Å². The third kappa shape index (κ3) is 3.22. The average molecular weight is 415 g/mol. The van der Waals surface area contributed by atoms with E-state index >= 15 is 0 Å². The molecule has 4 bridgehead atoms. The first-order valence-electron chi connectivity index (χ1n) is 11.1. The van der Waals surface area contributed by atoms with Gasteiger partial charge in [0, 0.05) is 12.1 Å². The molecule has 4 saturated carbocycles. The minimum absolute atomic E-state index is 0.0400. The molecule has 5 aliphatic rings. The molecule has 1 atom stereocenters. The van der Waals surface area contributed by atoms with Crippen molar-refractivity contribution in [3.8, 4) is 0 Å². The second-order valence-electron chi connectivity index (χ2n) is 9.73. The number of furan rings is 1. The van der Waals surface area contributed by atoms with Gasteiger partial charge >= 0.3 is 11.9 Å². The highest BCUT2D eigenvalue weighted by Crippen LogP contribution is 2.60. The first kappa shape index (κ1) is 19.6. The van der Waals surface area contributed by atoms with E-state index in [4.69, 9.17) is 9.15 Å². The fourth-order valence-electron chi connectivity index (χ4n) is 6.90. The number of methoxy groups -OCH3 is 1. The van der Waals surface area contributed by atoms with E-state index in [9.17, 15) is 14.4 Å². The Morgan fingerprint density at radius 1 is 1.13 bits per heavy atom. The van der Waals surface area contributed by atoms with Crippen LogP contribution in [0.4, 0.5) is 0 Å². The number of amides is 1. The van der Waals surface area contributed by atoms with Gasteiger partial charge in [-0.25, -0.2) is 9.59 Å². The van der Waals surface area contributed by atoms with Gasteiger partial charge in [0.15, 0.2) is 0 Å². The lowest BCUT2D eigenvalue weighted by molar-refractivity contribution is -0.166. The van der Waals surface area contributed by atoms with Crippen LogP contribution in [0.15, 0.2) is 16.7 Å². The summed E-state index contributed by atoms with van der Waals surface area (Å²) in [6, 6.07) is 1.06. The van der Waals surface area contributed by atoms with Crippen molar-refractivity contribution in [3.63, 3.8) is 0 Å². The van der Waals surface area contributed by atoms with Crippen LogP contribution in [0.3, 0.4) is 0 Å². The highest BCUT2D eigenvalue weighted by molar-refractivity contribution is 5.89. The second kappa shape index (κ2) is 7.43. The lowest BCUT2D eigenvalue weighted by Crippen LogP contribution is -2.56. The summed E-state index contributed by atoms with van der Waals surface area (Å²) < 4.78 is 15.3. The molecule has 0 spiro atoms. The first-order chi connectivity index (χ1) is 14.5. The first-order valence-corrected chi connectivity index (χ1v) is 11.1. The Kier molecular flexibility index (Phi) is 4.86. The fraction of sp³-hybridized carbons (Fsp3) is 0.696. The van der Waals surface area contributed by atoms with Crippen LogP contribution in [0.25, 0.3) is 0 Å². The summed E-state index contributed by atoms with van der Waals surface area (Å²) in [6.07, 6.45) is 9.65. The molecular weight excluding hydrogens is 386 g/mol. The number of hydrogen-bond donors (Lipinski definition) is 0. The van der Waals surface area contributed by atoms with Gasteiger partial charge in [0.05, 0.1) is 18.8 Å². The number of nitrogens with zero attached hydrogens (tertiary/aromatic N) is 1. The van der Waals surface area contributed by atoms with Gasteiger partial charge < -0.3 is 18.8 Å². The molecule has 4 aliphatic carbocycles. The predicted octanol–water partition coefficient (Wildman–Crippen LogP) is 3.32. The molecule has 7 heteroatoms. The normalized spacial score (nSPS) is 34.2. The van der Waals surface area contributed by atoms with E-state index in [-0.39, 0.29) is 23.7 Å². The van der Waals surface area contributed by atoms with E-state index in [1.54, 1.807) is 11.0 Å². The summed E-state index contributed by atoms with van der Waals surface area (Å²) in [5.41, 5.74) is 0.215. The van der Waals surface area contributed by atoms with Crippen molar-refractivity contribution >= 4 is 17.8 Å². The minimum Gasteiger partial charge on any atom is -0.463 e. The van der Waals surface area contributed by atoms with E-state index in [2.05, 4.69) is 4.74 Å². The number of ether oxygens (including phenoxy) is 2. The number of esters is 2. The molecule has 6 rings (SSSR count). The lowest BCUT2D eigenvalue weighted by Gasteiger charge is -2.56. The Morgan fingerprint density at radius 2 is 1.80 bits per heavy atom. The second-order valence-corrected chi connectivity index (χ2v) is 9.73. The number of carbonyl (C=O) groups is 3. The largest absolute Gasteiger partial charge is 0.463 e.